The van der Waals surface area contributed by atoms with Crippen LogP contribution < -0.4 is 9.47 Å². The number of likely N-dealkylation sites (tertiary alicyclic amines) is 1. The smallest absolute Gasteiger partial charge is 0.410 e. The number of hydrogen-bond acceptors (Lipinski definition) is 5. The molecule has 0 spiro atoms. The molecule has 0 bridgehead atoms. The number of fused-ring (bicyclic) bond motifs is 1. The molecule has 3 rings (SSSR count). The van der Waals surface area contributed by atoms with Crippen molar-refractivity contribution < 1.29 is 23.8 Å². The lowest BCUT2D eigenvalue weighted by Gasteiger charge is -2.37. The highest BCUT2D eigenvalue weighted by atomic mass is 16.6. The maximum atomic E-state index is 13.0. The quantitative estimate of drug-likeness (QED) is 0.794. The number of amides is 2. The van der Waals surface area contributed by atoms with E-state index < -0.39 is 5.60 Å². The molecule has 0 unspecified atom stereocenters. The average Bonchev–Trinajstić information content (AvgIpc) is 2.65. The van der Waals surface area contributed by atoms with Gasteiger partial charge in [-0.1, -0.05) is 6.07 Å². The van der Waals surface area contributed by atoms with Gasteiger partial charge >= 0.3 is 6.09 Å². The van der Waals surface area contributed by atoms with Crippen molar-refractivity contribution in [2.24, 2.45) is 0 Å². The number of benzene rings is 1. The van der Waals surface area contributed by atoms with Gasteiger partial charge < -0.3 is 24.0 Å². The van der Waals surface area contributed by atoms with Crippen LogP contribution in [0.4, 0.5) is 4.79 Å². The Morgan fingerprint density at radius 1 is 1.15 bits per heavy atom. The maximum absolute atomic E-state index is 13.0. The summed E-state index contributed by atoms with van der Waals surface area (Å²) in [4.78, 5) is 28.7. The molecule has 7 heteroatoms. The lowest BCUT2D eigenvalue weighted by molar-refractivity contribution is 0.0155. The Bertz CT molecular complexity index is 705. The number of ether oxygens (including phenoxy) is 3. The number of hydrogen-bond donors (Lipinski definition) is 0. The van der Waals surface area contributed by atoms with Crippen LogP contribution in [0, 0.1) is 0 Å². The maximum Gasteiger partial charge on any atom is 0.410 e. The summed E-state index contributed by atoms with van der Waals surface area (Å²) in [5.41, 5.74) is 0.0161. The second-order valence-corrected chi connectivity index (χ2v) is 7.94. The average molecular weight is 376 g/mol. The highest BCUT2D eigenvalue weighted by Crippen LogP contribution is 2.34. The van der Waals surface area contributed by atoms with Crippen LogP contribution in [0.25, 0.3) is 0 Å². The van der Waals surface area contributed by atoms with E-state index >= 15 is 0 Å². The van der Waals surface area contributed by atoms with Crippen molar-refractivity contribution in [1.29, 1.82) is 0 Å². The number of carbonyl (C=O) groups is 2. The van der Waals surface area contributed by atoms with Gasteiger partial charge in [0.2, 0.25) is 0 Å². The third-order valence-corrected chi connectivity index (χ3v) is 4.78. The fourth-order valence-corrected chi connectivity index (χ4v) is 3.35. The Morgan fingerprint density at radius 3 is 2.48 bits per heavy atom. The van der Waals surface area contributed by atoms with E-state index in [2.05, 4.69) is 0 Å². The standard InChI is InChI=1S/C20H28N2O5/c1-20(2,3)27-19(24)21(4)14-8-10-22(11-9-14)18(23)15-6-5-7-16-17(15)26-13-12-25-16/h5-7,14H,8-13H2,1-4H3. The van der Waals surface area contributed by atoms with Gasteiger partial charge in [0.05, 0.1) is 5.56 Å². The van der Waals surface area contributed by atoms with Gasteiger partial charge in [0, 0.05) is 26.2 Å². The highest BCUT2D eigenvalue weighted by Gasteiger charge is 2.31. The largest absolute Gasteiger partial charge is 0.486 e. The molecule has 7 nitrogen and oxygen atoms in total. The third kappa shape index (κ3) is 4.46. The van der Waals surface area contributed by atoms with E-state index in [-0.39, 0.29) is 18.0 Å². The Kier molecular flexibility index (Phi) is 5.48. The third-order valence-electron chi connectivity index (χ3n) is 4.78. The summed E-state index contributed by atoms with van der Waals surface area (Å²) in [6.07, 6.45) is 1.11. The van der Waals surface area contributed by atoms with Gasteiger partial charge in [-0.15, -0.1) is 0 Å². The van der Waals surface area contributed by atoms with E-state index in [4.69, 9.17) is 14.2 Å². The van der Waals surface area contributed by atoms with Gasteiger partial charge in [-0.2, -0.15) is 0 Å². The number of rotatable bonds is 2. The van der Waals surface area contributed by atoms with Crippen molar-refractivity contribution in [3.05, 3.63) is 23.8 Å². The second kappa shape index (κ2) is 7.66. The van der Waals surface area contributed by atoms with Gasteiger partial charge in [-0.05, 0) is 45.7 Å². The highest BCUT2D eigenvalue weighted by molar-refractivity contribution is 5.98. The van der Waals surface area contributed by atoms with Crippen LogP contribution in [-0.2, 0) is 4.74 Å². The molecule has 2 aliphatic rings. The molecule has 0 radical (unpaired) electrons. The molecular formula is C20H28N2O5. The summed E-state index contributed by atoms with van der Waals surface area (Å²) in [6.45, 7) is 7.67. The minimum atomic E-state index is -0.517. The van der Waals surface area contributed by atoms with E-state index in [1.807, 2.05) is 37.8 Å². The molecule has 0 atom stereocenters. The first-order valence-corrected chi connectivity index (χ1v) is 9.40. The molecule has 0 saturated carbocycles. The first kappa shape index (κ1) is 19.3. The van der Waals surface area contributed by atoms with E-state index in [9.17, 15) is 9.59 Å². The second-order valence-electron chi connectivity index (χ2n) is 7.94. The van der Waals surface area contributed by atoms with E-state index in [1.54, 1.807) is 18.0 Å². The first-order valence-electron chi connectivity index (χ1n) is 9.40. The van der Waals surface area contributed by atoms with Crippen LogP contribution in [0.15, 0.2) is 18.2 Å². The summed E-state index contributed by atoms with van der Waals surface area (Å²) in [5, 5.41) is 0. The Labute approximate surface area is 160 Å². The van der Waals surface area contributed by atoms with Crippen molar-refractivity contribution >= 4 is 12.0 Å². The van der Waals surface area contributed by atoms with Crippen LogP contribution in [0.2, 0.25) is 0 Å². The zero-order chi connectivity index (χ0) is 19.6. The predicted molar refractivity (Wildman–Crippen MR) is 100 cm³/mol. The van der Waals surface area contributed by atoms with Crippen LogP contribution in [0.3, 0.4) is 0 Å². The van der Waals surface area contributed by atoms with Crippen molar-refractivity contribution in [3.63, 3.8) is 0 Å². The molecule has 1 fully saturated rings. The van der Waals surface area contributed by atoms with Gasteiger partial charge in [0.25, 0.3) is 5.91 Å². The zero-order valence-electron chi connectivity index (χ0n) is 16.5. The first-order chi connectivity index (χ1) is 12.8. The van der Waals surface area contributed by atoms with Gasteiger partial charge in [0.15, 0.2) is 11.5 Å². The normalized spacial score (nSPS) is 17.4. The lowest BCUT2D eigenvalue weighted by Crippen LogP contribution is -2.48. The Morgan fingerprint density at radius 2 is 1.81 bits per heavy atom. The molecule has 1 aromatic carbocycles. The number of piperidine rings is 1. The van der Waals surface area contributed by atoms with Crippen molar-refractivity contribution in [3.8, 4) is 11.5 Å². The molecule has 2 amide bonds. The molecule has 2 heterocycles. The van der Waals surface area contributed by atoms with E-state index in [0.29, 0.717) is 56.2 Å². The molecule has 1 aromatic rings. The summed E-state index contributed by atoms with van der Waals surface area (Å²) in [5.74, 6) is 1.09. The molecular weight excluding hydrogens is 348 g/mol. The molecule has 0 aromatic heterocycles. The number of nitrogens with zero attached hydrogens (tertiary/aromatic N) is 2. The summed E-state index contributed by atoms with van der Waals surface area (Å²) >= 11 is 0. The molecule has 1 saturated heterocycles. The summed E-state index contributed by atoms with van der Waals surface area (Å²) < 4.78 is 16.7. The van der Waals surface area contributed by atoms with Crippen molar-refractivity contribution in [2.45, 2.75) is 45.3 Å². The van der Waals surface area contributed by atoms with Crippen LogP contribution in [-0.4, -0.2) is 66.8 Å². The number of para-hydroxylation sites is 1. The Balaban J connectivity index is 1.61. The fourth-order valence-electron chi connectivity index (χ4n) is 3.35. The van der Waals surface area contributed by atoms with Gasteiger partial charge in [0.1, 0.15) is 18.8 Å². The SMILES string of the molecule is CN(C(=O)OC(C)(C)C)C1CCN(C(=O)c2cccc3c2OCCO3)CC1. The van der Waals surface area contributed by atoms with Crippen molar-refractivity contribution in [1.82, 2.24) is 9.80 Å². The lowest BCUT2D eigenvalue weighted by atomic mass is 10.0. The molecule has 27 heavy (non-hydrogen) atoms. The predicted octanol–water partition coefficient (Wildman–Crippen LogP) is 2.93. The minimum Gasteiger partial charge on any atom is -0.486 e. The summed E-state index contributed by atoms with van der Waals surface area (Å²) in [6, 6.07) is 5.46. The van der Waals surface area contributed by atoms with Gasteiger partial charge in [-0.25, -0.2) is 4.79 Å². The van der Waals surface area contributed by atoms with E-state index in [1.165, 1.54) is 0 Å². The van der Waals surface area contributed by atoms with Crippen LogP contribution >= 0.6 is 0 Å². The zero-order valence-corrected chi connectivity index (χ0v) is 16.5. The molecule has 0 aliphatic carbocycles. The van der Waals surface area contributed by atoms with Crippen LogP contribution in [0.5, 0.6) is 11.5 Å². The summed E-state index contributed by atoms with van der Waals surface area (Å²) in [7, 11) is 1.76. The minimum absolute atomic E-state index is 0.0595. The van der Waals surface area contributed by atoms with Gasteiger partial charge in [-0.3, -0.25) is 4.79 Å². The van der Waals surface area contributed by atoms with Crippen molar-refractivity contribution in [2.75, 3.05) is 33.4 Å². The fraction of sp³-hybridized carbons (Fsp3) is 0.600. The van der Waals surface area contributed by atoms with Crippen LogP contribution in [0.1, 0.15) is 44.0 Å². The molecule has 2 aliphatic heterocycles. The molecule has 0 N–H and O–H groups in total. The Hall–Kier alpha value is -2.44. The van der Waals surface area contributed by atoms with E-state index in [0.717, 1.165) is 0 Å². The monoisotopic (exact) mass is 376 g/mol. The topological polar surface area (TPSA) is 68.3 Å². The number of carbonyl (C=O) groups excluding carboxylic acids is 2. The molecule has 148 valence electrons.